The lowest BCUT2D eigenvalue weighted by atomic mass is 9.89. The van der Waals surface area contributed by atoms with Gasteiger partial charge < -0.3 is 10.1 Å². The predicted octanol–water partition coefficient (Wildman–Crippen LogP) is 4.13. The van der Waals surface area contributed by atoms with E-state index in [1.165, 1.54) is 41.5 Å². The van der Waals surface area contributed by atoms with Crippen LogP contribution >= 0.6 is 23.1 Å². The number of esters is 1. The maximum absolute atomic E-state index is 12.2. The summed E-state index contributed by atoms with van der Waals surface area (Å²) in [5, 5.41) is 4.54. The number of nitrogens with zero attached hydrogens (tertiary/aromatic N) is 2. The number of carbonyl (C=O) groups excluding carboxylic acids is 2. The van der Waals surface area contributed by atoms with E-state index in [-0.39, 0.29) is 18.2 Å². The zero-order valence-electron chi connectivity index (χ0n) is 16.7. The second-order valence-electron chi connectivity index (χ2n) is 7.06. The van der Waals surface area contributed by atoms with Crippen molar-refractivity contribution in [2.75, 3.05) is 18.9 Å². The molecule has 0 saturated heterocycles. The number of fused-ring (bicyclic) bond motifs is 1. The van der Waals surface area contributed by atoms with Crippen molar-refractivity contribution in [2.24, 2.45) is 0 Å². The van der Waals surface area contributed by atoms with Gasteiger partial charge in [-0.05, 0) is 39.2 Å². The third-order valence-electron chi connectivity index (χ3n) is 5.06. The van der Waals surface area contributed by atoms with Crippen LogP contribution in [0.2, 0.25) is 0 Å². The smallest absolute Gasteiger partial charge is 0.325 e. The molecule has 1 amide bonds. The largest absolute Gasteiger partial charge is 0.465 e. The van der Waals surface area contributed by atoms with Crippen molar-refractivity contribution in [3.63, 3.8) is 0 Å². The molecule has 1 N–H and O–H groups in total. The third-order valence-corrected chi connectivity index (χ3v) is 7.13. The normalized spacial score (nSPS) is 15.0. The van der Waals surface area contributed by atoms with Crippen LogP contribution in [0.1, 0.15) is 61.2 Å². The van der Waals surface area contributed by atoms with E-state index in [9.17, 15) is 9.59 Å². The predicted molar refractivity (Wildman–Crippen MR) is 113 cm³/mol. The molecule has 3 rings (SSSR count). The van der Waals surface area contributed by atoms with Gasteiger partial charge in [0.2, 0.25) is 5.91 Å². The molecule has 8 heteroatoms. The van der Waals surface area contributed by atoms with Gasteiger partial charge in [0, 0.05) is 16.2 Å². The number of aryl methyl sites for hydroxylation is 2. The van der Waals surface area contributed by atoms with Gasteiger partial charge >= 0.3 is 5.97 Å². The molecule has 6 nitrogen and oxygen atoms in total. The number of thioether (sulfide) groups is 1. The molecule has 28 heavy (non-hydrogen) atoms. The lowest BCUT2D eigenvalue weighted by molar-refractivity contribution is -0.143. The average Bonchev–Trinajstić information content (AvgIpc) is 2.99. The minimum absolute atomic E-state index is 0.101. The van der Waals surface area contributed by atoms with Gasteiger partial charge in [-0.3, -0.25) is 9.59 Å². The molecule has 2 aromatic heterocycles. The summed E-state index contributed by atoms with van der Waals surface area (Å²) >= 11 is 3.12. The fraction of sp³-hybridized carbons (Fsp3) is 0.600. The first-order chi connectivity index (χ1) is 13.5. The quantitative estimate of drug-likeness (QED) is 0.411. The Bertz CT molecular complexity index is 860. The molecule has 0 spiro atoms. The van der Waals surface area contributed by atoms with Gasteiger partial charge in [0.15, 0.2) is 0 Å². The van der Waals surface area contributed by atoms with E-state index in [4.69, 9.17) is 14.7 Å². The Morgan fingerprint density at radius 2 is 1.96 bits per heavy atom. The third kappa shape index (κ3) is 5.03. The van der Waals surface area contributed by atoms with Crippen molar-refractivity contribution in [3.05, 3.63) is 16.3 Å². The second-order valence-corrected chi connectivity index (χ2v) is 9.22. The van der Waals surface area contributed by atoms with Crippen LogP contribution in [0, 0.1) is 13.8 Å². The van der Waals surface area contributed by atoms with Crippen LogP contribution in [-0.2, 0) is 14.3 Å². The van der Waals surface area contributed by atoms with Gasteiger partial charge in [0.25, 0.3) is 0 Å². The SMILES string of the molecule is CCOC(=O)CNC(=O)CSc1nc(C2CCCCC2)nc2sc(C)c(C)c12. The summed E-state index contributed by atoms with van der Waals surface area (Å²) in [5.41, 5.74) is 1.18. The Hall–Kier alpha value is -1.67. The zero-order valence-corrected chi connectivity index (χ0v) is 18.3. The highest BCUT2D eigenvalue weighted by Gasteiger charge is 2.22. The number of amides is 1. The summed E-state index contributed by atoms with van der Waals surface area (Å²) in [4.78, 5) is 35.6. The molecule has 0 aliphatic heterocycles. The van der Waals surface area contributed by atoms with Gasteiger partial charge in [-0.1, -0.05) is 31.0 Å². The van der Waals surface area contributed by atoms with Crippen LogP contribution in [0.15, 0.2) is 5.03 Å². The average molecular weight is 422 g/mol. The number of ether oxygens (including phenoxy) is 1. The molecule has 0 radical (unpaired) electrons. The molecular formula is C20H27N3O3S2. The summed E-state index contributed by atoms with van der Waals surface area (Å²) in [6.45, 7) is 6.13. The topological polar surface area (TPSA) is 81.2 Å². The lowest BCUT2D eigenvalue weighted by Crippen LogP contribution is -2.31. The molecule has 1 aliphatic carbocycles. The van der Waals surface area contributed by atoms with Gasteiger partial charge in [-0.25, -0.2) is 9.97 Å². The van der Waals surface area contributed by atoms with E-state index in [0.717, 1.165) is 33.9 Å². The van der Waals surface area contributed by atoms with E-state index in [1.807, 2.05) is 0 Å². The number of thiophene rings is 1. The molecule has 152 valence electrons. The molecule has 0 atom stereocenters. The molecular weight excluding hydrogens is 394 g/mol. The monoisotopic (exact) mass is 421 g/mol. The Morgan fingerprint density at radius 3 is 2.68 bits per heavy atom. The van der Waals surface area contributed by atoms with Crippen molar-refractivity contribution in [1.29, 1.82) is 0 Å². The van der Waals surface area contributed by atoms with Crippen molar-refractivity contribution in [3.8, 4) is 0 Å². The summed E-state index contributed by atoms with van der Waals surface area (Å²) in [7, 11) is 0. The van der Waals surface area contributed by atoms with Crippen molar-refractivity contribution < 1.29 is 14.3 Å². The van der Waals surface area contributed by atoms with Gasteiger partial charge in [-0.2, -0.15) is 0 Å². The summed E-state index contributed by atoms with van der Waals surface area (Å²) in [5.74, 6) is 0.924. The number of hydrogen-bond donors (Lipinski definition) is 1. The Balaban J connectivity index is 1.76. The fourth-order valence-corrected chi connectivity index (χ4v) is 5.47. The van der Waals surface area contributed by atoms with Crippen molar-refractivity contribution >= 4 is 45.2 Å². The molecule has 0 bridgehead atoms. The van der Waals surface area contributed by atoms with E-state index in [0.29, 0.717) is 12.5 Å². The number of carbonyl (C=O) groups is 2. The number of hydrogen-bond acceptors (Lipinski definition) is 7. The fourth-order valence-electron chi connectivity index (χ4n) is 3.44. The van der Waals surface area contributed by atoms with Crippen molar-refractivity contribution in [2.45, 2.75) is 63.8 Å². The first kappa shape index (κ1) is 21.0. The maximum atomic E-state index is 12.2. The van der Waals surface area contributed by atoms with Crippen LogP contribution < -0.4 is 5.32 Å². The van der Waals surface area contributed by atoms with Crippen LogP contribution in [0.4, 0.5) is 0 Å². The molecule has 1 fully saturated rings. The molecule has 1 saturated carbocycles. The minimum atomic E-state index is -0.422. The summed E-state index contributed by atoms with van der Waals surface area (Å²) in [6, 6.07) is 0. The lowest BCUT2D eigenvalue weighted by Gasteiger charge is -2.20. The van der Waals surface area contributed by atoms with Gasteiger partial charge in [0.1, 0.15) is 22.2 Å². The highest BCUT2D eigenvalue weighted by Crippen LogP contribution is 2.38. The second kappa shape index (κ2) is 9.69. The highest BCUT2D eigenvalue weighted by atomic mass is 32.2. The Morgan fingerprint density at radius 1 is 1.21 bits per heavy atom. The Kier molecular flexibility index (Phi) is 7.29. The molecule has 0 aromatic carbocycles. The first-order valence-electron chi connectivity index (χ1n) is 9.82. The van der Waals surface area contributed by atoms with Crippen molar-refractivity contribution in [1.82, 2.24) is 15.3 Å². The molecule has 0 unspecified atom stereocenters. The molecule has 1 aliphatic rings. The van der Waals surface area contributed by atoms with Gasteiger partial charge in [-0.15, -0.1) is 11.3 Å². The maximum Gasteiger partial charge on any atom is 0.325 e. The standard InChI is InChI=1S/C20H27N3O3S2/c1-4-26-16(25)10-21-15(24)11-27-19-17-12(2)13(3)28-20(17)23-18(22-19)14-8-6-5-7-9-14/h14H,4-11H2,1-3H3,(H,21,24). The number of rotatable bonds is 7. The first-order valence-corrected chi connectivity index (χ1v) is 11.6. The Labute approximate surface area is 173 Å². The molecule has 2 aromatic rings. The van der Waals surface area contributed by atoms with E-state index < -0.39 is 5.97 Å². The number of nitrogens with one attached hydrogen (secondary N) is 1. The number of aromatic nitrogens is 2. The van der Waals surface area contributed by atoms with E-state index in [1.54, 1.807) is 18.3 Å². The summed E-state index contributed by atoms with van der Waals surface area (Å²) < 4.78 is 4.83. The zero-order chi connectivity index (χ0) is 20.1. The van der Waals surface area contributed by atoms with Crippen LogP contribution in [0.25, 0.3) is 10.2 Å². The minimum Gasteiger partial charge on any atom is -0.465 e. The van der Waals surface area contributed by atoms with Crippen LogP contribution in [0.3, 0.4) is 0 Å². The highest BCUT2D eigenvalue weighted by molar-refractivity contribution is 8.00. The van der Waals surface area contributed by atoms with Gasteiger partial charge in [0.05, 0.1) is 12.4 Å². The van der Waals surface area contributed by atoms with Crippen LogP contribution in [-0.4, -0.2) is 40.7 Å². The van der Waals surface area contributed by atoms with E-state index in [2.05, 4.69) is 19.2 Å². The molecule has 2 heterocycles. The summed E-state index contributed by atoms with van der Waals surface area (Å²) in [6.07, 6.45) is 6.02. The van der Waals surface area contributed by atoms with E-state index >= 15 is 0 Å². The van der Waals surface area contributed by atoms with Crippen LogP contribution in [0.5, 0.6) is 0 Å².